The van der Waals surface area contributed by atoms with E-state index in [2.05, 4.69) is 15.1 Å². The van der Waals surface area contributed by atoms with Gasteiger partial charge in [-0.1, -0.05) is 12.1 Å². The summed E-state index contributed by atoms with van der Waals surface area (Å²) in [5.41, 5.74) is 4.77. The summed E-state index contributed by atoms with van der Waals surface area (Å²) in [7, 11) is 0. The molecule has 1 fully saturated rings. The lowest BCUT2D eigenvalue weighted by Crippen LogP contribution is -2.32. The minimum Gasteiger partial charge on any atom is -0.494 e. The zero-order valence-electron chi connectivity index (χ0n) is 20.3. The Hall–Kier alpha value is -3.39. The number of benzene rings is 2. The fourth-order valence-electron chi connectivity index (χ4n) is 4.98. The average Bonchev–Trinajstić information content (AvgIpc) is 3.19. The molecule has 0 spiro atoms. The van der Waals surface area contributed by atoms with E-state index < -0.39 is 0 Å². The van der Waals surface area contributed by atoms with Crippen molar-refractivity contribution in [1.29, 1.82) is 0 Å². The Kier molecular flexibility index (Phi) is 6.47. The highest BCUT2D eigenvalue weighted by Crippen LogP contribution is 2.34. The molecule has 6 nitrogen and oxygen atoms in total. The molecular formula is C27H29F2N5O. The Morgan fingerprint density at radius 2 is 1.74 bits per heavy atom. The summed E-state index contributed by atoms with van der Waals surface area (Å²) in [6, 6.07) is 11.5. The van der Waals surface area contributed by atoms with Gasteiger partial charge >= 0.3 is 0 Å². The van der Waals surface area contributed by atoms with Gasteiger partial charge in [-0.2, -0.15) is 15.3 Å². The van der Waals surface area contributed by atoms with Gasteiger partial charge in [0.05, 0.1) is 23.7 Å². The number of hydrogen-bond donors (Lipinski definition) is 0. The molecule has 0 radical (unpaired) electrons. The van der Waals surface area contributed by atoms with Crippen molar-refractivity contribution < 1.29 is 13.5 Å². The number of ether oxygens (including phenoxy) is 1. The molecule has 2 aromatic carbocycles. The van der Waals surface area contributed by atoms with Crippen LogP contribution in [0.1, 0.15) is 48.3 Å². The highest BCUT2D eigenvalue weighted by Gasteiger charge is 2.27. The standard InChI is InChI=1S/C27H29F2N5O/c1-4-35-22-9-10-24(23(29)15-22)34-18(3)25-17(2)30-31-26(27(25)32-34)20-11-13-33(14-12-20)16-19-5-7-21(28)8-6-19/h5-10,15,20H,4,11-14,16H2,1-3H3. The van der Waals surface area contributed by atoms with Gasteiger partial charge in [0.1, 0.15) is 22.8 Å². The topological polar surface area (TPSA) is 56.1 Å². The Labute approximate surface area is 203 Å². The van der Waals surface area contributed by atoms with Crippen LogP contribution in [0.4, 0.5) is 8.78 Å². The lowest BCUT2D eigenvalue weighted by Gasteiger charge is -2.31. The summed E-state index contributed by atoms with van der Waals surface area (Å²) < 4.78 is 35.3. The van der Waals surface area contributed by atoms with E-state index in [0.717, 1.165) is 66.0 Å². The van der Waals surface area contributed by atoms with Crippen molar-refractivity contribution in [2.24, 2.45) is 0 Å². The van der Waals surface area contributed by atoms with Crippen LogP contribution in [0.5, 0.6) is 5.75 Å². The van der Waals surface area contributed by atoms with Crippen LogP contribution in [0.2, 0.25) is 0 Å². The molecular weight excluding hydrogens is 448 g/mol. The van der Waals surface area contributed by atoms with Gasteiger partial charge in [0.2, 0.25) is 0 Å². The number of hydrogen-bond acceptors (Lipinski definition) is 5. The molecule has 5 rings (SSSR count). The van der Waals surface area contributed by atoms with Crippen LogP contribution in [-0.4, -0.2) is 44.6 Å². The molecule has 2 aromatic heterocycles. The van der Waals surface area contributed by atoms with Gasteiger partial charge in [0.15, 0.2) is 5.82 Å². The summed E-state index contributed by atoms with van der Waals surface area (Å²) in [6.07, 6.45) is 1.86. The predicted octanol–water partition coefficient (Wildman–Crippen LogP) is 5.49. The SMILES string of the molecule is CCOc1ccc(-n2nc3c(C4CCN(Cc5ccc(F)cc5)CC4)nnc(C)c3c2C)c(F)c1. The van der Waals surface area contributed by atoms with Crippen molar-refractivity contribution in [3.05, 3.63) is 76.7 Å². The van der Waals surface area contributed by atoms with Crippen LogP contribution >= 0.6 is 0 Å². The predicted molar refractivity (Wildman–Crippen MR) is 131 cm³/mol. The molecule has 1 aliphatic rings. The third-order valence-electron chi connectivity index (χ3n) is 6.78. The maximum atomic E-state index is 15.0. The number of likely N-dealkylation sites (tertiary alicyclic amines) is 1. The Morgan fingerprint density at radius 1 is 1.00 bits per heavy atom. The maximum absolute atomic E-state index is 15.0. The van der Waals surface area contributed by atoms with E-state index in [1.54, 1.807) is 16.8 Å². The van der Waals surface area contributed by atoms with E-state index in [1.807, 2.05) is 32.9 Å². The minimum absolute atomic E-state index is 0.214. The molecule has 0 saturated carbocycles. The second kappa shape index (κ2) is 9.70. The maximum Gasteiger partial charge on any atom is 0.152 e. The third-order valence-corrected chi connectivity index (χ3v) is 6.78. The molecule has 1 saturated heterocycles. The Morgan fingerprint density at radius 3 is 2.43 bits per heavy atom. The summed E-state index contributed by atoms with van der Waals surface area (Å²) in [6.45, 7) is 8.82. The van der Waals surface area contributed by atoms with Gasteiger partial charge < -0.3 is 4.74 Å². The van der Waals surface area contributed by atoms with Gasteiger partial charge in [-0.15, -0.1) is 0 Å². The number of aromatic nitrogens is 4. The summed E-state index contributed by atoms with van der Waals surface area (Å²) in [5, 5.41) is 14.8. The van der Waals surface area contributed by atoms with Crippen molar-refractivity contribution in [2.75, 3.05) is 19.7 Å². The van der Waals surface area contributed by atoms with Gasteiger partial charge in [-0.25, -0.2) is 13.5 Å². The number of nitrogens with zero attached hydrogens (tertiary/aromatic N) is 5. The van der Waals surface area contributed by atoms with Crippen LogP contribution in [-0.2, 0) is 6.54 Å². The number of rotatable bonds is 6. The first-order chi connectivity index (χ1) is 16.9. The molecule has 0 unspecified atom stereocenters. The van der Waals surface area contributed by atoms with Crippen LogP contribution in [0, 0.1) is 25.5 Å². The number of fused-ring (bicyclic) bond motifs is 1. The number of aryl methyl sites for hydroxylation is 2. The Bertz CT molecular complexity index is 1340. The molecule has 1 aliphatic heterocycles. The van der Waals surface area contributed by atoms with Gasteiger partial charge in [0, 0.05) is 23.9 Å². The smallest absolute Gasteiger partial charge is 0.152 e. The molecule has 0 N–H and O–H groups in total. The van der Waals surface area contributed by atoms with E-state index in [9.17, 15) is 8.78 Å². The third kappa shape index (κ3) is 4.62. The summed E-state index contributed by atoms with van der Waals surface area (Å²) in [4.78, 5) is 2.38. The minimum atomic E-state index is -0.388. The zero-order chi connectivity index (χ0) is 24.5. The van der Waals surface area contributed by atoms with Crippen LogP contribution in [0.25, 0.3) is 16.6 Å². The number of piperidine rings is 1. The van der Waals surface area contributed by atoms with Crippen molar-refractivity contribution in [3.63, 3.8) is 0 Å². The Balaban J connectivity index is 1.41. The van der Waals surface area contributed by atoms with Crippen LogP contribution < -0.4 is 4.74 Å². The first-order valence-corrected chi connectivity index (χ1v) is 12.1. The van der Waals surface area contributed by atoms with Gasteiger partial charge in [0.25, 0.3) is 0 Å². The van der Waals surface area contributed by atoms with E-state index in [1.165, 1.54) is 18.2 Å². The van der Waals surface area contributed by atoms with Crippen molar-refractivity contribution in [3.8, 4) is 11.4 Å². The van der Waals surface area contributed by atoms with Gasteiger partial charge in [-0.05, 0) is 76.5 Å². The second-order valence-corrected chi connectivity index (χ2v) is 9.11. The van der Waals surface area contributed by atoms with Crippen molar-refractivity contribution in [2.45, 2.75) is 46.1 Å². The van der Waals surface area contributed by atoms with Crippen LogP contribution in [0.15, 0.2) is 42.5 Å². The molecule has 0 aliphatic carbocycles. The molecule has 8 heteroatoms. The quantitative estimate of drug-likeness (QED) is 0.368. The van der Waals surface area contributed by atoms with E-state index in [-0.39, 0.29) is 17.6 Å². The van der Waals surface area contributed by atoms with Crippen molar-refractivity contribution >= 4 is 10.9 Å². The first-order valence-electron chi connectivity index (χ1n) is 12.1. The molecule has 3 heterocycles. The van der Waals surface area contributed by atoms with Crippen molar-refractivity contribution in [1.82, 2.24) is 24.9 Å². The molecule has 0 bridgehead atoms. The monoisotopic (exact) mass is 477 g/mol. The molecule has 0 amide bonds. The molecule has 35 heavy (non-hydrogen) atoms. The molecule has 4 aromatic rings. The largest absolute Gasteiger partial charge is 0.494 e. The molecule has 182 valence electrons. The summed E-state index contributed by atoms with van der Waals surface area (Å²) in [5.74, 6) is 0.119. The van der Waals surface area contributed by atoms with E-state index >= 15 is 0 Å². The highest BCUT2D eigenvalue weighted by atomic mass is 19.1. The zero-order valence-corrected chi connectivity index (χ0v) is 20.3. The first kappa shape index (κ1) is 23.4. The van der Waals surface area contributed by atoms with Gasteiger partial charge in [-0.3, -0.25) is 4.90 Å². The normalized spacial score (nSPS) is 15.1. The van der Waals surface area contributed by atoms with E-state index in [0.29, 0.717) is 18.0 Å². The number of halogens is 2. The lowest BCUT2D eigenvalue weighted by atomic mass is 9.91. The average molecular weight is 478 g/mol. The van der Waals surface area contributed by atoms with E-state index in [4.69, 9.17) is 9.84 Å². The lowest BCUT2D eigenvalue weighted by molar-refractivity contribution is 0.203. The second-order valence-electron chi connectivity index (χ2n) is 9.11. The van der Waals surface area contributed by atoms with Crippen LogP contribution in [0.3, 0.4) is 0 Å². The summed E-state index contributed by atoms with van der Waals surface area (Å²) >= 11 is 0. The molecule has 0 atom stereocenters. The highest BCUT2D eigenvalue weighted by molar-refractivity contribution is 5.86. The fraction of sp³-hybridized carbons (Fsp3) is 0.370. The fourth-order valence-corrected chi connectivity index (χ4v) is 4.98.